The zero-order chi connectivity index (χ0) is 23.1. The van der Waals surface area contributed by atoms with Gasteiger partial charge in [0.2, 0.25) is 5.91 Å². The molecule has 3 aromatic rings. The van der Waals surface area contributed by atoms with Crippen LogP contribution in [0.2, 0.25) is 0 Å². The van der Waals surface area contributed by atoms with Crippen molar-refractivity contribution in [1.29, 1.82) is 0 Å². The van der Waals surface area contributed by atoms with Crippen molar-refractivity contribution in [1.82, 2.24) is 14.8 Å². The van der Waals surface area contributed by atoms with Gasteiger partial charge in [-0.15, -0.1) is 10.2 Å². The van der Waals surface area contributed by atoms with Gasteiger partial charge in [0.1, 0.15) is 5.75 Å². The number of carbonyl (C=O) groups is 2. The SMILES string of the molecule is CCCCn1c(SC(C)C(=O)Nc2cccc(C(C)=O)c2)nnc1-c1ccc(OC)cc1. The fraction of sp³-hybridized carbons (Fsp3) is 0.333. The Morgan fingerprint density at radius 2 is 1.91 bits per heavy atom. The van der Waals surface area contributed by atoms with Crippen LogP contribution in [0.3, 0.4) is 0 Å². The molecule has 0 aliphatic carbocycles. The van der Waals surface area contributed by atoms with Gasteiger partial charge in [0.25, 0.3) is 0 Å². The first-order chi connectivity index (χ1) is 15.4. The fourth-order valence-electron chi connectivity index (χ4n) is 3.12. The fourth-order valence-corrected chi connectivity index (χ4v) is 3.99. The number of ketones is 1. The molecular weight excluding hydrogens is 424 g/mol. The molecule has 0 aliphatic heterocycles. The summed E-state index contributed by atoms with van der Waals surface area (Å²) >= 11 is 1.37. The van der Waals surface area contributed by atoms with Crippen LogP contribution in [0.4, 0.5) is 5.69 Å². The number of aromatic nitrogens is 3. The van der Waals surface area contributed by atoms with Gasteiger partial charge < -0.3 is 14.6 Å². The molecule has 1 aromatic heterocycles. The molecule has 2 aromatic carbocycles. The number of hydrogen-bond donors (Lipinski definition) is 1. The van der Waals surface area contributed by atoms with E-state index in [-0.39, 0.29) is 11.7 Å². The summed E-state index contributed by atoms with van der Waals surface area (Å²) in [6, 6.07) is 14.6. The standard InChI is InChI=1S/C24H28N4O3S/c1-5-6-14-28-22(18-10-12-21(31-4)13-11-18)26-27-24(28)32-17(3)23(30)25-20-9-7-8-19(15-20)16(2)29/h7-13,15,17H,5-6,14H2,1-4H3,(H,25,30). The molecule has 0 aliphatic rings. The van der Waals surface area contributed by atoms with E-state index in [1.807, 2.05) is 31.2 Å². The van der Waals surface area contributed by atoms with Crippen molar-refractivity contribution in [3.8, 4) is 17.1 Å². The molecular formula is C24H28N4O3S. The highest BCUT2D eigenvalue weighted by Crippen LogP contribution is 2.29. The summed E-state index contributed by atoms with van der Waals surface area (Å²) in [6.45, 7) is 6.24. The lowest BCUT2D eigenvalue weighted by Gasteiger charge is -2.14. The Kier molecular flexibility index (Phi) is 8.05. The largest absolute Gasteiger partial charge is 0.497 e. The molecule has 0 saturated heterocycles. The van der Waals surface area contributed by atoms with E-state index in [1.165, 1.54) is 18.7 Å². The van der Waals surface area contributed by atoms with Crippen LogP contribution >= 0.6 is 11.8 Å². The zero-order valence-electron chi connectivity index (χ0n) is 18.8. The van der Waals surface area contributed by atoms with Gasteiger partial charge in [0.15, 0.2) is 16.8 Å². The molecule has 1 amide bonds. The summed E-state index contributed by atoms with van der Waals surface area (Å²) in [7, 11) is 1.64. The van der Waals surface area contributed by atoms with Crippen molar-refractivity contribution >= 4 is 29.1 Å². The molecule has 0 fully saturated rings. The Labute approximate surface area is 192 Å². The number of Topliss-reactive ketones (excluding diaryl/α,β-unsaturated/α-hetero) is 1. The number of benzene rings is 2. The minimum Gasteiger partial charge on any atom is -0.497 e. The average Bonchev–Trinajstić information content (AvgIpc) is 3.19. The van der Waals surface area contributed by atoms with Crippen LogP contribution in [-0.4, -0.2) is 38.8 Å². The molecule has 0 radical (unpaired) electrons. The predicted octanol–water partition coefficient (Wildman–Crippen LogP) is 5.08. The van der Waals surface area contributed by atoms with E-state index >= 15 is 0 Å². The van der Waals surface area contributed by atoms with Gasteiger partial charge >= 0.3 is 0 Å². The number of ether oxygens (including phenoxy) is 1. The third-order valence-electron chi connectivity index (χ3n) is 4.99. The number of nitrogens with one attached hydrogen (secondary N) is 1. The Bertz CT molecular complexity index is 1080. The van der Waals surface area contributed by atoms with E-state index in [0.717, 1.165) is 36.5 Å². The molecule has 7 nitrogen and oxygen atoms in total. The average molecular weight is 453 g/mol. The van der Waals surface area contributed by atoms with Gasteiger partial charge in [0.05, 0.1) is 12.4 Å². The summed E-state index contributed by atoms with van der Waals surface area (Å²) in [6.07, 6.45) is 2.01. The molecule has 1 atom stereocenters. The molecule has 1 heterocycles. The molecule has 32 heavy (non-hydrogen) atoms. The van der Waals surface area contributed by atoms with Gasteiger partial charge in [0, 0.05) is 23.4 Å². The quantitative estimate of drug-likeness (QED) is 0.341. The normalized spacial score (nSPS) is 11.8. The van der Waals surface area contributed by atoms with Crippen LogP contribution in [0.1, 0.15) is 44.0 Å². The molecule has 0 bridgehead atoms. The summed E-state index contributed by atoms with van der Waals surface area (Å²) in [4.78, 5) is 24.4. The molecule has 0 saturated carbocycles. The van der Waals surface area contributed by atoms with Gasteiger partial charge in [-0.1, -0.05) is 37.2 Å². The third-order valence-corrected chi connectivity index (χ3v) is 6.07. The highest BCUT2D eigenvalue weighted by molar-refractivity contribution is 8.00. The molecule has 0 spiro atoms. The van der Waals surface area contributed by atoms with Crippen LogP contribution in [-0.2, 0) is 11.3 Å². The molecule has 3 rings (SSSR count). The summed E-state index contributed by atoms with van der Waals surface area (Å²) in [5.41, 5.74) is 2.10. The number of methoxy groups -OCH3 is 1. The van der Waals surface area contributed by atoms with Crippen LogP contribution in [0, 0.1) is 0 Å². The van der Waals surface area contributed by atoms with E-state index < -0.39 is 5.25 Å². The van der Waals surface area contributed by atoms with Gasteiger partial charge in [-0.05, 0) is 56.7 Å². The second kappa shape index (κ2) is 10.9. The van der Waals surface area contributed by atoms with Crippen molar-refractivity contribution in [2.24, 2.45) is 0 Å². The zero-order valence-corrected chi connectivity index (χ0v) is 19.6. The van der Waals surface area contributed by atoms with E-state index in [0.29, 0.717) is 16.4 Å². The maximum absolute atomic E-state index is 12.8. The maximum Gasteiger partial charge on any atom is 0.237 e. The topological polar surface area (TPSA) is 86.1 Å². The molecule has 8 heteroatoms. The number of thioether (sulfide) groups is 1. The van der Waals surface area contributed by atoms with Crippen molar-refractivity contribution < 1.29 is 14.3 Å². The smallest absolute Gasteiger partial charge is 0.237 e. The number of carbonyl (C=O) groups excluding carboxylic acids is 2. The predicted molar refractivity (Wildman–Crippen MR) is 127 cm³/mol. The lowest BCUT2D eigenvalue weighted by Crippen LogP contribution is -2.23. The third kappa shape index (κ3) is 5.76. The van der Waals surface area contributed by atoms with Crippen LogP contribution in [0.5, 0.6) is 5.75 Å². The van der Waals surface area contributed by atoms with E-state index in [2.05, 4.69) is 27.0 Å². The Hall–Kier alpha value is -3.13. The molecule has 168 valence electrons. The lowest BCUT2D eigenvalue weighted by atomic mass is 10.1. The first-order valence-corrected chi connectivity index (χ1v) is 11.5. The minimum atomic E-state index is -0.399. The second-order valence-electron chi connectivity index (χ2n) is 7.43. The van der Waals surface area contributed by atoms with Gasteiger partial charge in [-0.25, -0.2) is 0 Å². The highest BCUT2D eigenvalue weighted by atomic mass is 32.2. The van der Waals surface area contributed by atoms with E-state index in [1.54, 1.807) is 31.4 Å². The van der Waals surface area contributed by atoms with Crippen LogP contribution in [0.15, 0.2) is 53.7 Å². The van der Waals surface area contributed by atoms with Crippen molar-refractivity contribution in [3.05, 3.63) is 54.1 Å². The van der Waals surface area contributed by atoms with Crippen LogP contribution in [0.25, 0.3) is 11.4 Å². The Morgan fingerprint density at radius 1 is 1.16 bits per heavy atom. The minimum absolute atomic E-state index is 0.0430. The second-order valence-corrected chi connectivity index (χ2v) is 8.73. The first-order valence-electron chi connectivity index (χ1n) is 10.6. The van der Waals surface area contributed by atoms with Crippen molar-refractivity contribution in [3.63, 3.8) is 0 Å². The molecule has 1 unspecified atom stereocenters. The summed E-state index contributed by atoms with van der Waals surface area (Å²) in [5, 5.41) is 12.0. The highest BCUT2D eigenvalue weighted by Gasteiger charge is 2.21. The number of rotatable bonds is 10. The number of nitrogens with zero attached hydrogens (tertiary/aromatic N) is 3. The maximum atomic E-state index is 12.8. The number of amides is 1. The summed E-state index contributed by atoms with van der Waals surface area (Å²) in [5.74, 6) is 1.35. The first kappa shape index (κ1) is 23.5. The number of hydrogen-bond acceptors (Lipinski definition) is 6. The lowest BCUT2D eigenvalue weighted by molar-refractivity contribution is -0.115. The Balaban J connectivity index is 1.77. The van der Waals surface area contributed by atoms with Crippen molar-refractivity contribution in [2.45, 2.75) is 50.6 Å². The Morgan fingerprint density at radius 3 is 2.56 bits per heavy atom. The monoisotopic (exact) mass is 452 g/mol. The van der Waals surface area contributed by atoms with Crippen molar-refractivity contribution in [2.75, 3.05) is 12.4 Å². The summed E-state index contributed by atoms with van der Waals surface area (Å²) < 4.78 is 7.31. The number of anilines is 1. The molecule has 1 N–H and O–H groups in total. The van der Waals surface area contributed by atoms with E-state index in [9.17, 15) is 9.59 Å². The van der Waals surface area contributed by atoms with Gasteiger partial charge in [-0.3, -0.25) is 9.59 Å². The van der Waals surface area contributed by atoms with Crippen LogP contribution < -0.4 is 10.1 Å². The van der Waals surface area contributed by atoms with Gasteiger partial charge in [-0.2, -0.15) is 0 Å². The van der Waals surface area contributed by atoms with E-state index in [4.69, 9.17) is 4.74 Å². The number of unbranched alkanes of at least 4 members (excludes halogenated alkanes) is 1.